The Morgan fingerprint density at radius 3 is 1.69 bits per heavy atom. The Kier molecular flexibility index (Phi) is 22.2. The van der Waals surface area contributed by atoms with Crippen LogP contribution >= 0.6 is 0 Å². The number of hydrogen-bond acceptors (Lipinski definition) is 17. The van der Waals surface area contributed by atoms with Gasteiger partial charge >= 0.3 is 0 Å². The smallest absolute Gasteiger partial charge is 0.265 e. The molecule has 0 unspecified atom stereocenters. The predicted octanol–water partition coefficient (Wildman–Crippen LogP) is 4.82. The first-order valence-corrected chi connectivity index (χ1v) is 28.3. The van der Waals surface area contributed by atoms with Gasteiger partial charge in [0, 0.05) is 56.4 Å². The number of sulfone groups is 2. The lowest BCUT2D eigenvalue weighted by Gasteiger charge is -2.39. The van der Waals surface area contributed by atoms with Gasteiger partial charge in [-0.3, -0.25) is 29.6 Å². The highest BCUT2D eigenvalue weighted by molar-refractivity contribution is 7.94. The van der Waals surface area contributed by atoms with Crippen molar-refractivity contribution < 1.29 is 70.1 Å². The number of nitrogens with zero attached hydrogens (tertiary/aromatic N) is 1. The van der Waals surface area contributed by atoms with Gasteiger partial charge in [-0.25, -0.2) is 27.8 Å². The van der Waals surface area contributed by atoms with E-state index in [0.29, 0.717) is 93.7 Å². The van der Waals surface area contributed by atoms with Crippen LogP contribution < -0.4 is 45.9 Å². The molecular weight excluding hydrogens is 1040 g/mol. The van der Waals surface area contributed by atoms with E-state index < -0.39 is 46.5 Å². The van der Waals surface area contributed by atoms with E-state index in [4.69, 9.17) is 23.7 Å². The first-order valence-electron chi connectivity index (χ1n) is 25.4. The van der Waals surface area contributed by atoms with E-state index in [2.05, 4.69) is 16.0 Å². The summed E-state index contributed by atoms with van der Waals surface area (Å²) in [5, 5.41) is 27.4. The summed E-state index contributed by atoms with van der Waals surface area (Å²) >= 11 is 0. The third kappa shape index (κ3) is 15.7. The molecule has 0 atom stereocenters. The van der Waals surface area contributed by atoms with Crippen molar-refractivity contribution in [1.29, 1.82) is 0 Å². The maximum absolute atomic E-state index is 13.6. The number of hydrogen-bond donors (Lipinski definition) is 7. The fourth-order valence-electron chi connectivity index (χ4n) is 8.86. The lowest BCUT2D eigenvalue weighted by molar-refractivity contribution is -0.133. The normalized spacial score (nSPS) is 15.5. The molecule has 21 nitrogen and oxygen atoms in total. The highest BCUT2D eigenvalue weighted by atomic mass is 32.2. The number of aryl methyl sites for hydroxylation is 1. The van der Waals surface area contributed by atoms with Gasteiger partial charge in [0.05, 0.1) is 42.8 Å². The summed E-state index contributed by atoms with van der Waals surface area (Å²) in [5.41, 5.74) is 4.49. The van der Waals surface area contributed by atoms with Crippen molar-refractivity contribution in [3.63, 3.8) is 0 Å². The van der Waals surface area contributed by atoms with Crippen LogP contribution in [-0.2, 0) is 34.0 Å². The largest absolute Gasteiger partial charge is 0.497 e. The van der Waals surface area contributed by atoms with E-state index in [1.165, 1.54) is 54.0 Å². The highest BCUT2D eigenvalue weighted by Gasteiger charge is 2.53. The van der Waals surface area contributed by atoms with Gasteiger partial charge in [0.2, 0.25) is 0 Å². The van der Waals surface area contributed by atoms with Gasteiger partial charge in [-0.05, 0) is 176 Å². The number of nitrogens with one attached hydrogen (secondary N) is 5. The zero-order chi connectivity index (χ0) is 56.4. The van der Waals surface area contributed by atoms with Crippen LogP contribution in [0.25, 0.3) is 0 Å². The number of carbonyl (C=O) groups is 4. The predicted molar refractivity (Wildman–Crippen MR) is 286 cm³/mol. The van der Waals surface area contributed by atoms with Crippen molar-refractivity contribution in [2.45, 2.75) is 104 Å². The van der Waals surface area contributed by atoms with Gasteiger partial charge in [-0.15, -0.1) is 0 Å². The number of rotatable bonds is 24. The van der Waals surface area contributed by atoms with Gasteiger partial charge < -0.3 is 44.5 Å². The second kappa shape index (κ2) is 27.8. The van der Waals surface area contributed by atoms with Crippen LogP contribution in [0.2, 0.25) is 0 Å². The number of methoxy groups -OCH3 is 2. The molecule has 2 aliphatic rings. The zero-order valence-corrected chi connectivity index (χ0v) is 46.4. The van der Waals surface area contributed by atoms with Crippen LogP contribution in [0.15, 0.2) is 101 Å². The first kappa shape index (κ1) is 61.5. The lowest BCUT2D eigenvalue weighted by atomic mass is 9.95. The fourth-order valence-corrected chi connectivity index (χ4v) is 12.8. The molecule has 4 amide bonds. The number of likely N-dealkylation sites (tertiary alicyclic amines) is 1. The number of carbonyl (C=O) groups excluding carboxylic acids is 4. The van der Waals surface area contributed by atoms with E-state index in [-0.39, 0.29) is 60.0 Å². The number of hydroxylamine groups is 2. The Morgan fingerprint density at radius 1 is 0.688 bits per heavy atom. The van der Waals surface area contributed by atoms with E-state index >= 15 is 0 Å². The standard InChI is InChI=1S/C29H41N3O8S.C25H33N3O7S/c1-21(2)40-26-11-6-23(20-22(26)3)27(33)30-14-5-18-39-24-7-9-25(10-8-24)41(36,37)29(28(34)31-35)12-15-32(16-13-29)17-19-38-4;1-24(2,27-22(29)18-4-6-19(34-3)7-5-18)14-17-35-20-8-10-21(11-9-20)36(32,33)25(23(30)28-31)12-15-26-16-13-25/h6-11,20-21,35H,5,12-19H2,1-4H3,(H,30,33)(H,31,34);4-11,26,31H,12-17H2,1-3H3,(H,27,29)(H,28,30). The molecule has 422 valence electrons. The Bertz CT molecular complexity index is 2820. The molecule has 4 aromatic rings. The average molecular weight is 1110 g/mol. The summed E-state index contributed by atoms with van der Waals surface area (Å²) in [6.07, 6.45) is 1.29. The fraction of sp³-hybridized carbons (Fsp3) is 0.481. The van der Waals surface area contributed by atoms with Gasteiger partial charge in [0.25, 0.3) is 23.6 Å². The zero-order valence-electron chi connectivity index (χ0n) is 44.8. The Labute approximate surface area is 451 Å². The number of benzene rings is 4. The molecule has 2 saturated heterocycles. The number of ether oxygens (including phenoxy) is 5. The van der Waals surface area contributed by atoms with Crippen LogP contribution in [0, 0.1) is 6.92 Å². The third-order valence-corrected chi connectivity index (χ3v) is 18.5. The highest BCUT2D eigenvalue weighted by Crippen LogP contribution is 2.37. The minimum Gasteiger partial charge on any atom is -0.497 e. The van der Waals surface area contributed by atoms with Gasteiger partial charge in [0.1, 0.15) is 23.0 Å². The number of piperidine rings is 2. The first-order chi connectivity index (χ1) is 36.6. The van der Waals surface area contributed by atoms with E-state index in [9.17, 15) is 46.4 Å². The maximum Gasteiger partial charge on any atom is 0.265 e. The Morgan fingerprint density at radius 2 is 1.19 bits per heavy atom. The summed E-state index contributed by atoms with van der Waals surface area (Å²) in [6, 6.07) is 23.9. The summed E-state index contributed by atoms with van der Waals surface area (Å²) in [6.45, 7) is 13.1. The monoisotopic (exact) mass is 1110 g/mol. The van der Waals surface area contributed by atoms with Crippen molar-refractivity contribution in [3.05, 3.63) is 108 Å². The van der Waals surface area contributed by atoms with Crippen LogP contribution in [0.4, 0.5) is 0 Å². The molecule has 4 aromatic carbocycles. The van der Waals surface area contributed by atoms with Crippen molar-refractivity contribution >= 4 is 43.3 Å². The molecular formula is C54H74N6O15S2. The molecule has 0 bridgehead atoms. The van der Waals surface area contributed by atoms with Crippen molar-refractivity contribution in [1.82, 2.24) is 31.8 Å². The molecule has 0 spiro atoms. The maximum atomic E-state index is 13.6. The molecule has 7 N–H and O–H groups in total. The minimum absolute atomic E-state index is 0.0209. The molecule has 23 heteroatoms. The van der Waals surface area contributed by atoms with Gasteiger partial charge in [-0.1, -0.05) is 0 Å². The topological polar surface area (TPSA) is 287 Å². The van der Waals surface area contributed by atoms with E-state index in [0.717, 1.165) is 11.3 Å². The average Bonchev–Trinajstić information content (AvgIpc) is 3.45. The van der Waals surface area contributed by atoms with Crippen molar-refractivity contribution in [2.75, 3.05) is 73.3 Å². The third-order valence-electron chi connectivity index (χ3n) is 13.5. The lowest BCUT2D eigenvalue weighted by Crippen LogP contribution is -2.57. The molecule has 0 aliphatic carbocycles. The molecule has 2 heterocycles. The quantitative estimate of drug-likeness (QED) is 0.0281. The summed E-state index contributed by atoms with van der Waals surface area (Å²) in [4.78, 5) is 52.1. The van der Waals surface area contributed by atoms with E-state index in [1.54, 1.807) is 62.2 Å². The molecule has 2 fully saturated rings. The molecule has 0 saturated carbocycles. The molecule has 0 radical (unpaired) electrons. The second-order valence-corrected chi connectivity index (χ2v) is 24.2. The van der Waals surface area contributed by atoms with Crippen LogP contribution in [-0.4, -0.2) is 150 Å². The minimum atomic E-state index is -4.11. The van der Waals surface area contributed by atoms with Gasteiger partial charge in [0.15, 0.2) is 29.2 Å². The van der Waals surface area contributed by atoms with Crippen LogP contribution in [0.1, 0.15) is 92.5 Å². The SMILES string of the molecule is COCCN1CCC(C(=O)NO)(S(=O)(=O)c2ccc(OCCCNC(=O)c3ccc(OC(C)C)c(C)c3)cc2)CC1.COc1ccc(C(=O)NC(C)(C)CCOc2ccc(S(=O)(=O)C3(C(=O)NO)CCNCC3)cc2)cc1. The summed E-state index contributed by atoms with van der Waals surface area (Å²) < 4.78 is 77.8. The second-order valence-electron chi connectivity index (χ2n) is 19.7. The van der Waals surface area contributed by atoms with Gasteiger partial charge in [-0.2, -0.15) is 0 Å². The molecule has 77 heavy (non-hydrogen) atoms. The summed E-state index contributed by atoms with van der Waals surface area (Å²) in [7, 11) is -5.02. The molecule has 6 rings (SSSR count). The molecule has 2 aliphatic heterocycles. The Hall–Kier alpha value is -6.34. The molecule has 0 aromatic heterocycles. The summed E-state index contributed by atoms with van der Waals surface area (Å²) in [5.74, 6) is 0.0723. The van der Waals surface area contributed by atoms with Crippen LogP contribution in [0.3, 0.4) is 0 Å². The Balaban J connectivity index is 0.000000286. The van der Waals surface area contributed by atoms with Crippen molar-refractivity contribution in [3.8, 4) is 23.0 Å². The van der Waals surface area contributed by atoms with E-state index in [1.807, 2.05) is 39.5 Å². The van der Waals surface area contributed by atoms with Crippen LogP contribution in [0.5, 0.6) is 23.0 Å². The number of amides is 4. The van der Waals surface area contributed by atoms with Crippen molar-refractivity contribution in [2.24, 2.45) is 0 Å².